The Morgan fingerprint density at radius 1 is 1.28 bits per heavy atom. The van der Waals surface area contributed by atoms with Crippen LogP contribution < -0.4 is 5.32 Å². The van der Waals surface area contributed by atoms with Crippen molar-refractivity contribution in [2.24, 2.45) is 5.92 Å². The van der Waals surface area contributed by atoms with Crippen LogP contribution in [0.1, 0.15) is 12.8 Å². The van der Waals surface area contributed by atoms with E-state index in [2.05, 4.69) is 5.32 Å². The molecule has 1 aliphatic rings. The van der Waals surface area contributed by atoms with E-state index in [4.69, 9.17) is 0 Å². The van der Waals surface area contributed by atoms with Crippen molar-refractivity contribution in [1.82, 2.24) is 14.5 Å². The number of carbonyl (C=O) groups is 2. The van der Waals surface area contributed by atoms with Gasteiger partial charge in [0.2, 0.25) is 21.8 Å². The fourth-order valence-corrected chi connectivity index (χ4v) is 4.12. The van der Waals surface area contributed by atoms with Crippen LogP contribution in [0.3, 0.4) is 0 Å². The molecule has 1 saturated heterocycles. The van der Waals surface area contributed by atoms with Crippen molar-refractivity contribution in [3.8, 4) is 0 Å². The second-order valence-corrected chi connectivity index (χ2v) is 8.10. The van der Waals surface area contributed by atoms with Gasteiger partial charge in [-0.25, -0.2) is 12.8 Å². The molecule has 0 aliphatic carbocycles. The van der Waals surface area contributed by atoms with Crippen molar-refractivity contribution in [2.45, 2.75) is 17.7 Å². The van der Waals surface area contributed by atoms with Gasteiger partial charge in [-0.05, 0) is 37.1 Å². The molecule has 2 rings (SSSR count). The summed E-state index contributed by atoms with van der Waals surface area (Å²) < 4.78 is 39.5. The topological polar surface area (TPSA) is 86.8 Å². The molecule has 0 saturated carbocycles. The van der Waals surface area contributed by atoms with Gasteiger partial charge < -0.3 is 10.2 Å². The van der Waals surface area contributed by atoms with Crippen LogP contribution in [0, 0.1) is 11.7 Å². The Balaban J connectivity index is 2.03. The summed E-state index contributed by atoms with van der Waals surface area (Å²) in [6, 6.07) is 4.61. The van der Waals surface area contributed by atoms with Crippen molar-refractivity contribution in [3.05, 3.63) is 30.1 Å². The molecule has 1 aliphatic heterocycles. The standard InChI is InChI=1S/C16H22FN3O4S/c1-19(2)15(21)10-18-16(22)12-4-3-9-20(11-12)25(23,24)14-7-5-13(17)6-8-14/h5-8,12H,3-4,9-11H2,1-2H3,(H,18,22)/t12-/m1/s1. The zero-order chi connectivity index (χ0) is 18.6. The van der Waals surface area contributed by atoms with E-state index in [1.54, 1.807) is 14.1 Å². The first-order valence-corrected chi connectivity index (χ1v) is 9.39. The number of sulfonamides is 1. The molecule has 0 bridgehead atoms. The van der Waals surface area contributed by atoms with Crippen LogP contribution in [0.25, 0.3) is 0 Å². The molecule has 9 heteroatoms. The lowest BCUT2D eigenvalue weighted by molar-refractivity contribution is -0.132. The summed E-state index contributed by atoms with van der Waals surface area (Å²) in [5.41, 5.74) is 0. The maximum atomic E-state index is 13.0. The van der Waals surface area contributed by atoms with E-state index in [9.17, 15) is 22.4 Å². The third-order valence-corrected chi connectivity index (χ3v) is 6.00. The van der Waals surface area contributed by atoms with E-state index in [-0.39, 0.29) is 29.8 Å². The van der Waals surface area contributed by atoms with Gasteiger partial charge in [0.05, 0.1) is 17.4 Å². The van der Waals surface area contributed by atoms with Crippen LogP contribution in [-0.4, -0.2) is 63.2 Å². The number of nitrogens with zero attached hydrogens (tertiary/aromatic N) is 2. The van der Waals surface area contributed by atoms with Crippen LogP contribution in [0.4, 0.5) is 4.39 Å². The number of hydrogen-bond acceptors (Lipinski definition) is 4. The highest BCUT2D eigenvalue weighted by atomic mass is 32.2. The average molecular weight is 371 g/mol. The molecule has 0 aromatic heterocycles. The molecule has 138 valence electrons. The molecule has 25 heavy (non-hydrogen) atoms. The van der Waals surface area contributed by atoms with Gasteiger partial charge in [-0.3, -0.25) is 9.59 Å². The SMILES string of the molecule is CN(C)C(=O)CNC(=O)[C@@H]1CCCN(S(=O)(=O)c2ccc(F)cc2)C1. The van der Waals surface area contributed by atoms with E-state index in [1.807, 2.05) is 0 Å². The Hall–Kier alpha value is -2.00. The molecule has 0 spiro atoms. The van der Waals surface area contributed by atoms with Gasteiger partial charge in [-0.2, -0.15) is 4.31 Å². The second-order valence-electron chi connectivity index (χ2n) is 6.16. The van der Waals surface area contributed by atoms with Gasteiger partial charge in [0.1, 0.15) is 5.82 Å². The average Bonchev–Trinajstić information content (AvgIpc) is 2.59. The Morgan fingerprint density at radius 2 is 1.92 bits per heavy atom. The molecule has 2 amide bonds. The quantitative estimate of drug-likeness (QED) is 0.813. The van der Waals surface area contributed by atoms with Crippen molar-refractivity contribution in [3.63, 3.8) is 0 Å². The number of carbonyl (C=O) groups excluding carboxylic acids is 2. The fourth-order valence-electron chi connectivity index (χ4n) is 2.60. The van der Waals surface area contributed by atoms with Crippen LogP contribution in [-0.2, 0) is 19.6 Å². The number of amides is 2. The molecule has 1 aromatic rings. The largest absolute Gasteiger partial charge is 0.347 e. The van der Waals surface area contributed by atoms with Crippen molar-refractivity contribution < 1.29 is 22.4 Å². The Labute approximate surface area is 146 Å². The number of rotatable bonds is 5. The number of halogens is 1. The molecule has 0 unspecified atom stereocenters. The van der Waals surface area contributed by atoms with Crippen LogP contribution in [0.2, 0.25) is 0 Å². The number of hydrogen-bond donors (Lipinski definition) is 1. The molecule has 1 heterocycles. The van der Waals surface area contributed by atoms with E-state index < -0.39 is 21.8 Å². The van der Waals surface area contributed by atoms with Crippen molar-refractivity contribution in [2.75, 3.05) is 33.7 Å². The highest BCUT2D eigenvalue weighted by Gasteiger charge is 2.33. The molecule has 7 nitrogen and oxygen atoms in total. The minimum Gasteiger partial charge on any atom is -0.347 e. The third-order valence-electron chi connectivity index (χ3n) is 4.12. The summed E-state index contributed by atoms with van der Waals surface area (Å²) >= 11 is 0. The van der Waals surface area contributed by atoms with Gasteiger partial charge in [0.15, 0.2) is 0 Å². The first-order chi connectivity index (χ1) is 11.7. The van der Waals surface area contributed by atoms with Crippen LogP contribution in [0.15, 0.2) is 29.2 Å². The molecule has 0 radical (unpaired) electrons. The molecule has 1 atom stereocenters. The van der Waals surface area contributed by atoms with Crippen molar-refractivity contribution >= 4 is 21.8 Å². The van der Waals surface area contributed by atoms with Crippen LogP contribution in [0.5, 0.6) is 0 Å². The maximum Gasteiger partial charge on any atom is 0.243 e. The smallest absolute Gasteiger partial charge is 0.243 e. The number of nitrogens with one attached hydrogen (secondary N) is 1. The summed E-state index contributed by atoms with van der Waals surface area (Å²) in [5.74, 6) is -1.60. The molecule has 1 aromatic carbocycles. The predicted molar refractivity (Wildman–Crippen MR) is 89.6 cm³/mol. The number of benzene rings is 1. The number of piperidine rings is 1. The minimum atomic E-state index is -3.78. The Kier molecular flexibility index (Phi) is 6.12. The van der Waals surface area contributed by atoms with Crippen LogP contribution >= 0.6 is 0 Å². The zero-order valence-corrected chi connectivity index (χ0v) is 15.1. The summed E-state index contributed by atoms with van der Waals surface area (Å²) in [6.45, 7) is 0.231. The summed E-state index contributed by atoms with van der Waals surface area (Å²) in [4.78, 5) is 25.1. The van der Waals surface area contributed by atoms with E-state index in [0.717, 1.165) is 12.1 Å². The minimum absolute atomic E-state index is 0.00209. The fraction of sp³-hybridized carbons (Fsp3) is 0.500. The van der Waals surface area contributed by atoms with Gasteiger partial charge in [0.25, 0.3) is 0 Å². The normalized spacial score (nSPS) is 18.6. The number of likely N-dealkylation sites (N-methyl/N-ethyl adjacent to an activating group) is 1. The Morgan fingerprint density at radius 3 is 2.52 bits per heavy atom. The highest BCUT2D eigenvalue weighted by Crippen LogP contribution is 2.24. The zero-order valence-electron chi connectivity index (χ0n) is 14.2. The van der Waals surface area contributed by atoms with Gasteiger partial charge >= 0.3 is 0 Å². The summed E-state index contributed by atoms with van der Waals surface area (Å²) in [6.07, 6.45) is 1.09. The van der Waals surface area contributed by atoms with Gasteiger partial charge in [0, 0.05) is 27.2 Å². The molecule has 1 N–H and O–H groups in total. The van der Waals surface area contributed by atoms with Crippen molar-refractivity contribution in [1.29, 1.82) is 0 Å². The molecular weight excluding hydrogens is 349 g/mol. The monoisotopic (exact) mass is 371 g/mol. The lowest BCUT2D eigenvalue weighted by Gasteiger charge is -2.31. The maximum absolute atomic E-state index is 13.0. The summed E-state index contributed by atoms with van der Waals surface area (Å²) in [5, 5.41) is 2.55. The van der Waals surface area contributed by atoms with E-state index in [1.165, 1.54) is 21.3 Å². The summed E-state index contributed by atoms with van der Waals surface area (Å²) in [7, 11) is -0.600. The Bertz CT molecular complexity index is 734. The predicted octanol–water partition coefficient (Wildman–Crippen LogP) is 0.431. The second kappa shape index (κ2) is 7.92. The van der Waals surface area contributed by atoms with Gasteiger partial charge in [-0.15, -0.1) is 0 Å². The van der Waals surface area contributed by atoms with E-state index in [0.29, 0.717) is 19.4 Å². The molecule has 1 fully saturated rings. The highest BCUT2D eigenvalue weighted by molar-refractivity contribution is 7.89. The lowest BCUT2D eigenvalue weighted by atomic mass is 9.99. The van der Waals surface area contributed by atoms with E-state index >= 15 is 0 Å². The van der Waals surface area contributed by atoms with Gasteiger partial charge in [-0.1, -0.05) is 0 Å². The molecular formula is C16H22FN3O4S. The first kappa shape index (κ1) is 19.3. The third kappa shape index (κ3) is 4.76. The first-order valence-electron chi connectivity index (χ1n) is 7.95. The lowest BCUT2D eigenvalue weighted by Crippen LogP contribution is -2.47.